The van der Waals surface area contributed by atoms with Crippen LogP contribution in [-0.2, 0) is 9.59 Å². The first-order valence-electron chi connectivity index (χ1n) is 9.72. The molecule has 0 aliphatic carbocycles. The standard InChI is InChI=1S/C23H18ClN3O5/c1-2-32-17-12-14(6-9-16(17)28)19-18(20(29)13-4-7-15(24)8-5-13)21(30)22(31)27(19)23-25-10-3-11-26-23/h3-12,19,28-29H,2H2,1H3/b20-18-. The molecule has 0 radical (unpaired) electrons. The van der Waals surface area contributed by atoms with E-state index in [2.05, 4.69) is 9.97 Å². The zero-order chi connectivity index (χ0) is 22.8. The SMILES string of the molecule is CCOc1cc(C2/C(=C(/O)c3ccc(Cl)cc3)C(=O)C(=O)N2c2ncccn2)ccc1O. The summed E-state index contributed by atoms with van der Waals surface area (Å²) in [5, 5.41) is 21.6. The van der Waals surface area contributed by atoms with Gasteiger partial charge in [-0.05, 0) is 55.0 Å². The van der Waals surface area contributed by atoms with Crippen LogP contribution < -0.4 is 9.64 Å². The summed E-state index contributed by atoms with van der Waals surface area (Å²) in [6.07, 6.45) is 2.89. The second-order valence-corrected chi connectivity index (χ2v) is 7.32. The summed E-state index contributed by atoms with van der Waals surface area (Å²) >= 11 is 5.94. The quantitative estimate of drug-likeness (QED) is 0.344. The first-order valence-corrected chi connectivity index (χ1v) is 10.1. The molecule has 1 amide bonds. The van der Waals surface area contributed by atoms with Gasteiger partial charge in [0.1, 0.15) is 5.76 Å². The molecule has 32 heavy (non-hydrogen) atoms. The van der Waals surface area contributed by atoms with Crippen LogP contribution >= 0.6 is 11.6 Å². The largest absolute Gasteiger partial charge is 0.507 e. The predicted octanol–water partition coefficient (Wildman–Crippen LogP) is 3.86. The zero-order valence-corrected chi connectivity index (χ0v) is 17.7. The molecule has 2 aromatic carbocycles. The number of carbonyl (C=O) groups is 2. The smallest absolute Gasteiger partial charge is 0.302 e. The number of hydrogen-bond acceptors (Lipinski definition) is 7. The van der Waals surface area contributed by atoms with Gasteiger partial charge in [-0.2, -0.15) is 0 Å². The Labute approximate surface area is 188 Å². The molecule has 1 unspecified atom stereocenters. The lowest BCUT2D eigenvalue weighted by molar-refractivity contribution is -0.132. The number of Topliss-reactive ketones (excluding diaryl/α,β-unsaturated/α-hetero) is 1. The minimum atomic E-state index is -1.05. The van der Waals surface area contributed by atoms with Crippen LogP contribution in [0.1, 0.15) is 24.1 Å². The fraction of sp³-hybridized carbons (Fsp3) is 0.130. The molecule has 1 aromatic heterocycles. The van der Waals surface area contributed by atoms with Gasteiger partial charge in [-0.25, -0.2) is 9.97 Å². The number of aromatic hydroxyl groups is 1. The highest BCUT2D eigenvalue weighted by atomic mass is 35.5. The Morgan fingerprint density at radius 1 is 1.12 bits per heavy atom. The van der Waals surface area contributed by atoms with Crippen molar-refractivity contribution in [3.05, 3.63) is 82.6 Å². The summed E-state index contributed by atoms with van der Waals surface area (Å²) in [6, 6.07) is 11.2. The van der Waals surface area contributed by atoms with E-state index < -0.39 is 17.7 Å². The van der Waals surface area contributed by atoms with Crippen molar-refractivity contribution in [1.82, 2.24) is 9.97 Å². The Morgan fingerprint density at radius 3 is 2.47 bits per heavy atom. The first kappa shape index (κ1) is 21.3. The van der Waals surface area contributed by atoms with Gasteiger partial charge < -0.3 is 14.9 Å². The van der Waals surface area contributed by atoms with Crippen molar-refractivity contribution in [3.63, 3.8) is 0 Å². The molecule has 2 N–H and O–H groups in total. The Balaban J connectivity index is 1.95. The maximum atomic E-state index is 13.1. The lowest BCUT2D eigenvalue weighted by Crippen LogP contribution is -2.31. The number of ketones is 1. The van der Waals surface area contributed by atoms with E-state index in [4.69, 9.17) is 16.3 Å². The van der Waals surface area contributed by atoms with Crippen LogP contribution in [0.25, 0.3) is 5.76 Å². The van der Waals surface area contributed by atoms with E-state index in [-0.39, 0.29) is 28.8 Å². The molecule has 0 spiro atoms. The molecule has 2 heterocycles. The van der Waals surface area contributed by atoms with Crippen LogP contribution in [0.4, 0.5) is 5.95 Å². The normalized spacial score (nSPS) is 17.6. The molecule has 162 valence electrons. The third-order valence-electron chi connectivity index (χ3n) is 4.93. The average molecular weight is 452 g/mol. The highest BCUT2D eigenvalue weighted by molar-refractivity contribution is 6.51. The Hall–Kier alpha value is -3.91. The van der Waals surface area contributed by atoms with Crippen molar-refractivity contribution < 1.29 is 24.5 Å². The minimum Gasteiger partial charge on any atom is -0.507 e. The van der Waals surface area contributed by atoms with Crippen LogP contribution in [0, 0.1) is 0 Å². The maximum absolute atomic E-state index is 13.1. The molecule has 0 saturated carbocycles. The van der Waals surface area contributed by atoms with E-state index in [0.717, 1.165) is 4.90 Å². The Morgan fingerprint density at radius 2 is 1.81 bits per heavy atom. The van der Waals surface area contributed by atoms with Crippen molar-refractivity contribution in [3.8, 4) is 11.5 Å². The third kappa shape index (κ3) is 3.76. The summed E-state index contributed by atoms with van der Waals surface area (Å²) in [7, 11) is 0. The molecular weight excluding hydrogens is 434 g/mol. The predicted molar refractivity (Wildman–Crippen MR) is 118 cm³/mol. The average Bonchev–Trinajstić information content (AvgIpc) is 3.06. The van der Waals surface area contributed by atoms with E-state index in [0.29, 0.717) is 22.8 Å². The lowest BCUT2D eigenvalue weighted by Gasteiger charge is -2.24. The van der Waals surface area contributed by atoms with Gasteiger partial charge in [0.25, 0.3) is 5.78 Å². The van der Waals surface area contributed by atoms with E-state index >= 15 is 0 Å². The van der Waals surface area contributed by atoms with Gasteiger partial charge in [-0.3, -0.25) is 14.5 Å². The molecule has 3 aromatic rings. The minimum absolute atomic E-state index is 0.000732. The summed E-state index contributed by atoms with van der Waals surface area (Å²) in [6.45, 7) is 2.06. The summed E-state index contributed by atoms with van der Waals surface area (Å²) in [4.78, 5) is 35.4. The second kappa shape index (κ2) is 8.68. The molecule has 1 fully saturated rings. The van der Waals surface area contributed by atoms with E-state index in [1.165, 1.54) is 24.5 Å². The number of ether oxygens (including phenoxy) is 1. The molecule has 1 atom stereocenters. The molecule has 0 bridgehead atoms. The van der Waals surface area contributed by atoms with Crippen LogP contribution in [0.15, 0.2) is 66.5 Å². The van der Waals surface area contributed by atoms with E-state index in [9.17, 15) is 19.8 Å². The van der Waals surface area contributed by atoms with Crippen LogP contribution in [-0.4, -0.2) is 38.5 Å². The molecule has 4 rings (SSSR count). The third-order valence-corrected chi connectivity index (χ3v) is 5.18. The van der Waals surface area contributed by atoms with Crippen molar-refractivity contribution in [2.45, 2.75) is 13.0 Å². The number of aromatic nitrogens is 2. The van der Waals surface area contributed by atoms with Crippen LogP contribution in [0.3, 0.4) is 0 Å². The van der Waals surface area contributed by atoms with Crippen LogP contribution in [0.2, 0.25) is 5.02 Å². The fourth-order valence-electron chi connectivity index (χ4n) is 3.51. The molecule has 9 heteroatoms. The fourth-order valence-corrected chi connectivity index (χ4v) is 3.63. The summed E-state index contributed by atoms with van der Waals surface area (Å²) in [5.41, 5.74) is 0.599. The van der Waals surface area contributed by atoms with E-state index in [1.54, 1.807) is 43.3 Å². The first-order chi connectivity index (χ1) is 15.4. The second-order valence-electron chi connectivity index (χ2n) is 6.88. The van der Waals surface area contributed by atoms with E-state index in [1.807, 2.05) is 0 Å². The summed E-state index contributed by atoms with van der Waals surface area (Å²) in [5.74, 6) is -2.06. The van der Waals surface area contributed by atoms with Crippen molar-refractivity contribution in [1.29, 1.82) is 0 Å². The van der Waals surface area contributed by atoms with Gasteiger partial charge in [0.05, 0.1) is 18.2 Å². The van der Waals surface area contributed by atoms with Gasteiger partial charge in [0.15, 0.2) is 11.5 Å². The van der Waals surface area contributed by atoms with Crippen LogP contribution in [0.5, 0.6) is 11.5 Å². The monoisotopic (exact) mass is 451 g/mol. The van der Waals surface area contributed by atoms with Gasteiger partial charge in [-0.15, -0.1) is 0 Å². The summed E-state index contributed by atoms with van der Waals surface area (Å²) < 4.78 is 5.46. The highest BCUT2D eigenvalue weighted by Gasteiger charge is 2.48. The molecule has 1 aliphatic heterocycles. The molecule has 1 saturated heterocycles. The maximum Gasteiger partial charge on any atom is 0.302 e. The topological polar surface area (TPSA) is 113 Å². The van der Waals surface area contributed by atoms with Gasteiger partial charge in [-0.1, -0.05) is 17.7 Å². The number of aliphatic hydroxyl groups excluding tert-OH is 1. The molecular formula is C23H18ClN3O5. The van der Waals surface area contributed by atoms with Crippen molar-refractivity contribution in [2.24, 2.45) is 0 Å². The number of phenolic OH excluding ortho intramolecular Hbond substituents is 1. The number of aliphatic hydroxyl groups is 1. The number of nitrogens with zero attached hydrogens (tertiary/aromatic N) is 3. The zero-order valence-electron chi connectivity index (χ0n) is 16.9. The number of anilines is 1. The number of phenols is 1. The Bertz CT molecular complexity index is 1210. The number of hydrogen-bond donors (Lipinski definition) is 2. The highest BCUT2D eigenvalue weighted by Crippen LogP contribution is 2.43. The van der Waals surface area contributed by atoms with Gasteiger partial charge >= 0.3 is 5.91 Å². The number of benzene rings is 2. The van der Waals surface area contributed by atoms with Crippen molar-refractivity contribution in [2.75, 3.05) is 11.5 Å². The lowest BCUT2D eigenvalue weighted by atomic mass is 9.95. The number of carbonyl (C=O) groups excluding carboxylic acids is 2. The van der Waals surface area contributed by atoms with Crippen molar-refractivity contribution >= 4 is 35.0 Å². The van der Waals surface area contributed by atoms with Gasteiger partial charge in [0, 0.05) is 23.0 Å². The number of amides is 1. The number of halogens is 1. The number of rotatable bonds is 5. The Kier molecular flexibility index (Phi) is 5.79. The molecule has 1 aliphatic rings. The van der Waals surface area contributed by atoms with Gasteiger partial charge in [0.2, 0.25) is 5.95 Å². The molecule has 8 nitrogen and oxygen atoms in total.